The Bertz CT molecular complexity index is 891. The molecule has 1 fully saturated rings. The smallest absolute Gasteiger partial charge is 0.291 e. The topological polar surface area (TPSA) is 65.8 Å². The van der Waals surface area contributed by atoms with Gasteiger partial charge >= 0.3 is 0 Å². The van der Waals surface area contributed by atoms with Crippen LogP contribution in [-0.4, -0.2) is 36.9 Å². The third kappa shape index (κ3) is 5.69. The van der Waals surface area contributed by atoms with E-state index in [2.05, 4.69) is 10.2 Å². The molecule has 0 radical (unpaired) electrons. The molecule has 1 heterocycles. The van der Waals surface area contributed by atoms with Crippen LogP contribution in [0.2, 0.25) is 0 Å². The van der Waals surface area contributed by atoms with E-state index in [4.69, 9.17) is 4.42 Å². The van der Waals surface area contributed by atoms with Crippen LogP contribution in [-0.2, 0) is 11.3 Å². The van der Waals surface area contributed by atoms with Gasteiger partial charge in [-0.15, -0.1) is 0 Å². The molecule has 31 heavy (non-hydrogen) atoms. The Morgan fingerprint density at radius 3 is 2.39 bits per heavy atom. The van der Waals surface area contributed by atoms with Crippen molar-refractivity contribution in [1.82, 2.24) is 4.90 Å². The number of rotatable bonds is 6. The summed E-state index contributed by atoms with van der Waals surface area (Å²) in [7, 11) is 3.99. The van der Waals surface area contributed by atoms with Crippen LogP contribution >= 0.6 is 0 Å². The van der Waals surface area contributed by atoms with Gasteiger partial charge in [0, 0.05) is 43.5 Å². The van der Waals surface area contributed by atoms with Crippen molar-refractivity contribution in [2.45, 2.75) is 65.5 Å². The van der Waals surface area contributed by atoms with E-state index in [1.54, 1.807) is 12.1 Å². The Morgan fingerprint density at radius 2 is 1.81 bits per heavy atom. The van der Waals surface area contributed by atoms with E-state index in [9.17, 15) is 9.59 Å². The molecule has 6 heteroatoms. The van der Waals surface area contributed by atoms with Crippen LogP contribution < -0.4 is 10.2 Å². The first-order chi connectivity index (χ1) is 14.7. The van der Waals surface area contributed by atoms with E-state index in [1.807, 2.05) is 58.0 Å². The van der Waals surface area contributed by atoms with Crippen LogP contribution in [0.1, 0.15) is 69.0 Å². The molecule has 2 amide bonds. The number of nitrogens with one attached hydrogen (secondary N) is 1. The number of carbonyl (C=O) groups excluding carboxylic acids is 2. The first-order valence-electron chi connectivity index (χ1n) is 11.1. The molecule has 1 N–H and O–H groups in total. The van der Waals surface area contributed by atoms with Gasteiger partial charge < -0.3 is 19.5 Å². The minimum absolute atomic E-state index is 0.175. The average Bonchev–Trinajstić information content (AvgIpc) is 3.26. The zero-order chi connectivity index (χ0) is 22.6. The molecule has 1 aliphatic rings. The van der Waals surface area contributed by atoms with E-state index in [-0.39, 0.29) is 23.6 Å². The first-order valence-corrected chi connectivity index (χ1v) is 11.1. The Morgan fingerprint density at radius 1 is 1.10 bits per heavy atom. The van der Waals surface area contributed by atoms with E-state index in [1.165, 1.54) is 25.5 Å². The monoisotopic (exact) mass is 425 g/mol. The summed E-state index contributed by atoms with van der Waals surface area (Å²) in [6, 6.07) is 9.44. The fourth-order valence-electron chi connectivity index (χ4n) is 4.20. The molecule has 168 valence electrons. The summed E-state index contributed by atoms with van der Waals surface area (Å²) in [5.74, 6) is 0.155. The number of furan rings is 1. The second-order valence-electron chi connectivity index (χ2n) is 9.64. The fraction of sp³-hybridized carbons (Fsp3) is 0.520. The highest BCUT2D eigenvalue weighted by molar-refractivity contribution is 6.02. The number of amides is 2. The molecule has 0 unspecified atom stereocenters. The predicted molar refractivity (Wildman–Crippen MR) is 124 cm³/mol. The standard InChI is InChI=1S/C25H35N3O3/c1-25(2,3)24(30)28(20-10-7-6-8-11-20)17-18-16-19(13-14-21(18)27(4)5)26-23(29)22-12-9-15-31-22/h9,12-16,20H,6-8,10-11,17H2,1-5H3,(H,26,29). The van der Waals surface area contributed by atoms with Crippen molar-refractivity contribution in [3.05, 3.63) is 47.9 Å². The molecular formula is C25H35N3O3. The highest BCUT2D eigenvalue weighted by atomic mass is 16.3. The van der Waals surface area contributed by atoms with Crippen molar-refractivity contribution in [3.63, 3.8) is 0 Å². The summed E-state index contributed by atoms with van der Waals surface area (Å²) in [4.78, 5) is 30.0. The maximum absolute atomic E-state index is 13.4. The SMILES string of the molecule is CN(C)c1ccc(NC(=O)c2ccco2)cc1CN(C(=O)C(C)(C)C)C1CCCCC1. The summed E-state index contributed by atoms with van der Waals surface area (Å²) in [6.07, 6.45) is 7.15. The van der Waals surface area contributed by atoms with Gasteiger partial charge in [0.05, 0.1) is 6.26 Å². The summed E-state index contributed by atoms with van der Waals surface area (Å²) in [5.41, 5.74) is 2.30. The lowest BCUT2D eigenvalue weighted by molar-refractivity contribution is -0.143. The lowest BCUT2D eigenvalue weighted by Gasteiger charge is -2.39. The van der Waals surface area contributed by atoms with E-state index in [0.29, 0.717) is 12.2 Å². The molecule has 0 bridgehead atoms. The molecule has 2 aromatic rings. The third-order valence-corrected chi connectivity index (χ3v) is 5.82. The van der Waals surface area contributed by atoms with Crippen molar-refractivity contribution in [2.75, 3.05) is 24.3 Å². The molecule has 1 aromatic carbocycles. The van der Waals surface area contributed by atoms with E-state index >= 15 is 0 Å². The highest BCUT2D eigenvalue weighted by Crippen LogP contribution is 2.32. The van der Waals surface area contributed by atoms with Crippen molar-refractivity contribution in [2.24, 2.45) is 5.41 Å². The Kier molecular flexibility index (Phi) is 7.08. The summed E-state index contributed by atoms with van der Waals surface area (Å²) < 4.78 is 5.20. The van der Waals surface area contributed by atoms with Crippen LogP contribution in [0.15, 0.2) is 41.0 Å². The van der Waals surface area contributed by atoms with Gasteiger partial charge in [0.1, 0.15) is 0 Å². The molecule has 3 rings (SSSR count). The molecule has 0 spiro atoms. The van der Waals surface area contributed by atoms with Crippen molar-refractivity contribution >= 4 is 23.2 Å². The zero-order valence-corrected chi connectivity index (χ0v) is 19.4. The number of carbonyl (C=O) groups is 2. The summed E-state index contributed by atoms with van der Waals surface area (Å²) in [5, 5.41) is 2.91. The number of benzene rings is 1. The number of hydrogen-bond acceptors (Lipinski definition) is 4. The Balaban J connectivity index is 1.91. The summed E-state index contributed by atoms with van der Waals surface area (Å²) >= 11 is 0. The second-order valence-corrected chi connectivity index (χ2v) is 9.64. The predicted octanol–water partition coefficient (Wildman–Crippen LogP) is 5.31. The number of hydrogen-bond donors (Lipinski definition) is 1. The Labute approximate surface area is 185 Å². The molecule has 1 saturated carbocycles. The molecule has 0 atom stereocenters. The van der Waals surface area contributed by atoms with Gasteiger partial charge in [0.25, 0.3) is 5.91 Å². The maximum Gasteiger partial charge on any atom is 0.291 e. The van der Waals surface area contributed by atoms with Gasteiger partial charge in [-0.05, 0) is 48.7 Å². The van der Waals surface area contributed by atoms with Crippen molar-refractivity contribution in [1.29, 1.82) is 0 Å². The van der Waals surface area contributed by atoms with Gasteiger partial charge in [0.15, 0.2) is 5.76 Å². The van der Waals surface area contributed by atoms with Crippen LogP contribution in [0.3, 0.4) is 0 Å². The average molecular weight is 426 g/mol. The van der Waals surface area contributed by atoms with Crippen LogP contribution in [0.4, 0.5) is 11.4 Å². The first kappa shape index (κ1) is 22.9. The fourth-order valence-corrected chi connectivity index (χ4v) is 4.20. The maximum atomic E-state index is 13.4. The van der Waals surface area contributed by atoms with Crippen LogP contribution in [0.5, 0.6) is 0 Å². The van der Waals surface area contributed by atoms with E-state index < -0.39 is 5.41 Å². The third-order valence-electron chi connectivity index (χ3n) is 5.82. The van der Waals surface area contributed by atoms with Gasteiger partial charge in [-0.3, -0.25) is 9.59 Å². The highest BCUT2D eigenvalue weighted by Gasteiger charge is 2.33. The molecule has 1 aliphatic carbocycles. The lowest BCUT2D eigenvalue weighted by Crippen LogP contribution is -2.46. The van der Waals surface area contributed by atoms with Crippen molar-refractivity contribution in [3.8, 4) is 0 Å². The quantitative estimate of drug-likeness (QED) is 0.681. The molecule has 0 saturated heterocycles. The van der Waals surface area contributed by atoms with Crippen LogP contribution in [0, 0.1) is 5.41 Å². The molecule has 6 nitrogen and oxygen atoms in total. The van der Waals surface area contributed by atoms with Gasteiger partial charge in [0.2, 0.25) is 5.91 Å². The minimum Gasteiger partial charge on any atom is -0.459 e. The van der Waals surface area contributed by atoms with Crippen LogP contribution in [0.25, 0.3) is 0 Å². The van der Waals surface area contributed by atoms with E-state index in [0.717, 1.165) is 24.1 Å². The van der Waals surface area contributed by atoms with Gasteiger partial charge in [-0.2, -0.15) is 0 Å². The van der Waals surface area contributed by atoms with Crippen molar-refractivity contribution < 1.29 is 14.0 Å². The van der Waals surface area contributed by atoms with Gasteiger partial charge in [-0.25, -0.2) is 0 Å². The zero-order valence-electron chi connectivity index (χ0n) is 19.4. The molecule has 0 aliphatic heterocycles. The Hall–Kier alpha value is -2.76. The molecule has 1 aromatic heterocycles. The minimum atomic E-state index is -0.444. The summed E-state index contributed by atoms with van der Waals surface area (Å²) in [6.45, 7) is 6.48. The largest absolute Gasteiger partial charge is 0.459 e. The number of nitrogens with zero attached hydrogens (tertiary/aromatic N) is 2. The second kappa shape index (κ2) is 9.58. The normalized spacial score (nSPS) is 14.9. The lowest BCUT2D eigenvalue weighted by atomic mass is 9.89. The molecular weight excluding hydrogens is 390 g/mol. The van der Waals surface area contributed by atoms with Gasteiger partial charge in [-0.1, -0.05) is 40.0 Å². The number of anilines is 2.